The maximum absolute atomic E-state index is 4.00. The molecular formula is C14H16N4. The highest BCUT2D eigenvalue weighted by atomic mass is 14.9. The van der Waals surface area contributed by atoms with Crippen LogP contribution in [0.5, 0.6) is 0 Å². The summed E-state index contributed by atoms with van der Waals surface area (Å²) in [5, 5.41) is 6.84. The number of nitrogens with one attached hydrogen (secondary N) is 2. The van der Waals surface area contributed by atoms with E-state index >= 15 is 0 Å². The van der Waals surface area contributed by atoms with Crippen LogP contribution in [0.1, 0.15) is 17.5 Å². The van der Waals surface area contributed by atoms with Gasteiger partial charge < -0.3 is 10.6 Å². The SMILES string of the molecule is c1cc2c(c(CNc3cncnc3)c1)NCCC2. The standard InChI is InChI=1S/C14H16N4/c1-3-11-5-2-6-17-14(11)12(4-1)7-18-13-8-15-10-16-9-13/h1,3-4,8-10,17-18H,2,5-7H2. The Labute approximate surface area is 106 Å². The Morgan fingerprint density at radius 2 is 2.11 bits per heavy atom. The average molecular weight is 240 g/mol. The summed E-state index contributed by atoms with van der Waals surface area (Å²) in [6, 6.07) is 6.49. The number of hydrogen-bond acceptors (Lipinski definition) is 4. The summed E-state index contributed by atoms with van der Waals surface area (Å²) in [4.78, 5) is 7.99. The van der Waals surface area contributed by atoms with Crippen molar-refractivity contribution in [2.45, 2.75) is 19.4 Å². The summed E-state index contributed by atoms with van der Waals surface area (Å²) in [6.45, 7) is 1.86. The zero-order chi connectivity index (χ0) is 12.2. The van der Waals surface area contributed by atoms with Gasteiger partial charge in [-0.05, 0) is 24.0 Å². The van der Waals surface area contributed by atoms with Crippen LogP contribution in [0.15, 0.2) is 36.9 Å². The quantitative estimate of drug-likeness (QED) is 0.865. The lowest BCUT2D eigenvalue weighted by molar-refractivity contribution is 0.825. The molecule has 1 aromatic carbocycles. The second-order valence-corrected chi connectivity index (χ2v) is 4.46. The van der Waals surface area contributed by atoms with E-state index in [1.165, 1.54) is 36.0 Å². The van der Waals surface area contributed by atoms with Crippen molar-refractivity contribution in [3.63, 3.8) is 0 Å². The molecular weight excluding hydrogens is 224 g/mol. The van der Waals surface area contributed by atoms with E-state index < -0.39 is 0 Å². The first-order valence-electron chi connectivity index (χ1n) is 6.27. The molecule has 3 rings (SSSR count). The highest BCUT2D eigenvalue weighted by molar-refractivity contribution is 5.60. The molecule has 0 bridgehead atoms. The number of anilines is 2. The van der Waals surface area contributed by atoms with Gasteiger partial charge in [0.1, 0.15) is 6.33 Å². The zero-order valence-electron chi connectivity index (χ0n) is 10.2. The number of fused-ring (bicyclic) bond motifs is 1. The largest absolute Gasteiger partial charge is 0.385 e. The molecule has 4 heteroatoms. The van der Waals surface area contributed by atoms with Crippen LogP contribution in [0.2, 0.25) is 0 Å². The Balaban J connectivity index is 1.77. The molecule has 1 aliphatic rings. The first kappa shape index (κ1) is 11.0. The monoisotopic (exact) mass is 240 g/mol. The van der Waals surface area contributed by atoms with Crippen molar-refractivity contribution in [3.8, 4) is 0 Å². The summed E-state index contributed by atoms with van der Waals surface area (Å²) in [5.74, 6) is 0. The number of aryl methyl sites for hydroxylation is 1. The predicted molar refractivity (Wildman–Crippen MR) is 72.6 cm³/mol. The molecule has 2 aromatic rings. The molecule has 0 amide bonds. The topological polar surface area (TPSA) is 49.8 Å². The Hall–Kier alpha value is -2.10. The number of aromatic nitrogens is 2. The van der Waals surface area contributed by atoms with Gasteiger partial charge in [0.15, 0.2) is 0 Å². The number of benzene rings is 1. The van der Waals surface area contributed by atoms with Crippen molar-refractivity contribution >= 4 is 11.4 Å². The Bertz CT molecular complexity index is 525. The summed E-state index contributed by atoms with van der Waals surface area (Å²) < 4.78 is 0. The number of nitrogens with zero attached hydrogens (tertiary/aromatic N) is 2. The Morgan fingerprint density at radius 1 is 1.22 bits per heavy atom. The molecule has 1 aromatic heterocycles. The van der Waals surface area contributed by atoms with Gasteiger partial charge in [-0.15, -0.1) is 0 Å². The summed E-state index contributed by atoms with van der Waals surface area (Å²) in [6.07, 6.45) is 7.50. The second kappa shape index (κ2) is 5.04. The summed E-state index contributed by atoms with van der Waals surface area (Å²) in [5.41, 5.74) is 4.97. The molecule has 0 fully saturated rings. The highest BCUT2D eigenvalue weighted by Crippen LogP contribution is 2.26. The minimum absolute atomic E-state index is 0.795. The predicted octanol–water partition coefficient (Wildman–Crippen LogP) is 2.45. The molecule has 0 aliphatic carbocycles. The molecule has 4 nitrogen and oxygen atoms in total. The van der Waals surface area contributed by atoms with Crippen LogP contribution in [-0.2, 0) is 13.0 Å². The highest BCUT2D eigenvalue weighted by Gasteiger charge is 2.11. The van der Waals surface area contributed by atoms with Crippen LogP contribution >= 0.6 is 0 Å². The van der Waals surface area contributed by atoms with E-state index in [0.29, 0.717) is 0 Å². The van der Waals surface area contributed by atoms with Crippen molar-refractivity contribution in [3.05, 3.63) is 48.0 Å². The van der Waals surface area contributed by atoms with E-state index in [0.717, 1.165) is 18.8 Å². The van der Waals surface area contributed by atoms with Crippen LogP contribution in [0.3, 0.4) is 0 Å². The normalized spacial score (nSPS) is 13.6. The smallest absolute Gasteiger partial charge is 0.115 e. The fourth-order valence-electron chi connectivity index (χ4n) is 2.32. The minimum Gasteiger partial charge on any atom is -0.385 e. The van der Waals surface area contributed by atoms with Crippen molar-refractivity contribution < 1.29 is 0 Å². The minimum atomic E-state index is 0.795. The first-order valence-corrected chi connectivity index (χ1v) is 6.27. The Kier molecular flexibility index (Phi) is 3.08. The van der Waals surface area contributed by atoms with Crippen molar-refractivity contribution in [1.29, 1.82) is 0 Å². The van der Waals surface area contributed by atoms with Gasteiger partial charge in [0.2, 0.25) is 0 Å². The van der Waals surface area contributed by atoms with Crippen LogP contribution < -0.4 is 10.6 Å². The molecule has 2 N–H and O–H groups in total. The van der Waals surface area contributed by atoms with Crippen molar-refractivity contribution in [1.82, 2.24) is 9.97 Å². The molecule has 0 unspecified atom stereocenters. The summed E-state index contributed by atoms with van der Waals surface area (Å²) in [7, 11) is 0. The van der Waals surface area contributed by atoms with Crippen molar-refractivity contribution in [2.24, 2.45) is 0 Å². The van der Waals surface area contributed by atoms with E-state index in [1.807, 2.05) is 0 Å². The fraction of sp³-hybridized carbons (Fsp3) is 0.286. The van der Waals surface area contributed by atoms with E-state index in [2.05, 4.69) is 38.8 Å². The molecule has 2 heterocycles. The second-order valence-electron chi connectivity index (χ2n) is 4.46. The van der Waals surface area contributed by atoms with Gasteiger partial charge in [0, 0.05) is 18.8 Å². The number of para-hydroxylation sites is 1. The maximum Gasteiger partial charge on any atom is 0.115 e. The van der Waals surface area contributed by atoms with E-state index in [-0.39, 0.29) is 0 Å². The van der Waals surface area contributed by atoms with Gasteiger partial charge in [0.05, 0.1) is 18.1 Å². The Morgan fingerprint density at radius 3 is 3.00 bits per heavy atom. The number of rotatable bonds is 3. The molecule has 0 radical (unpaired) electrons. The molecule has 0 saturated carbocycles. The van der Waals surface area contributed by atoms with Crippen LogP contribution in [0.4, 0.5) is 11.4 Å². The first-order chi connectivity index (χ1) is 8.93. The van der Waals surface area contributed by atoms with E-state index in [4.69, 9.17) is 0 Å². The number of hydrogen-bond donors (Lipinski definition) is 2. The van der Waals surface area contributed by atoms with E-state index in [1.54, 1.807) is 12.4 Å². The van der Waals surface area contributed by atoms with E-state index in [9.17, 15) is 0 Å². The molecule has 1 aliphatic heterocycles. The maximum atomic E-state index is 4.00. The van der Waals surface area contributed by atoms with Gasteiger partial charge >= 0.3 is 0 Å². The van der Waals surface area contributed by atoms with Crippen LogP contribution in [0.25, 0.3) is 0 Å². The molecule has 0 atom stereocenters. The van der Waals surface area contributed by atoms with Crippen LogP contribution in [0, 0.1) is 0 Å². The van der Waals surface area contributed by atoms with Gasteiger partial charge in [-0.25, -0.2) is 9.97 Å². The van der Waals surface area contributed by atoms with Gasteiger partial charge in [-0.1, -0.05) is 18.2 Å². The lowest BCUT2D eigenvalue weighted by Crippen LogP contribution is -2.15. The van der Waals surface area contributed by atoms with Gasteiger partial charge in [-0.3, -0.25) is 0 Å². The van der Waals surface area contributed by atoms with Gasteiger partial charge in [0.25, 0.3) is 0 Å². The third kappa shape index (κ3) is 2.27. The lowest BCUT2D eigenvalue weighted by Gasteiger charge is -2.21. The fourth-order valence-corrected chi connectivity index (χ4v) is 2.32. The average Bonchev–Trinajstić information content (AvgIpc) is 2.46. The van der Waals surface area contributed by atoms with Crippen LogP contribution in [-0.4, -0.2) is 16.5 Å². The van der Waals surface area contributed by atoms with Crippen molar-refractivity contribution in [2.75, 3.05) is 17.2 Å². The van der Waals surface area contributed by atoms with Gasteiger partial charge in [-0.2, -0.15) is 0 Å². The lowest BCUT2D eigenvalue weighted by atomic mass is 9.99. The molecule has 92 valence electrons. The molecule has 18 heavy (non-hydrogen) atoms. The zero-order valence-corrected chi connectivity index (χ0v) is 10.2. The molecule has 0 spiro atoms. The molecule has 0 saturated heterocycles. The summed E-state index contributed by atoms with van der Waals surface area (Å²) >= 11 is 0. The third-order valence-corrected chi connectivity index (χ3v) is 3.21. The third-order valence-electron chi connectivity index (χ3n) is 3.21.